The lowest BCUT2D eigenvalue weighted by atomic mass is 9.92. The van der Waals surface area contributed by atoms with Crippen LogP contribution in [-0.4, -0.2) is 4.57 Å². The standard InChI is InChI=1S/C9H14BrN.C2H6/c1-9(2,3)7-5-6-8(10)11(7)4;1-2/h5-6H,1-4H3;1-2H3. The Hall–Kier alpha value is -0.240. The van der Waals surface area contributed by atoms with Gasteiger partial charge < -0.3 is 4.57 Å². The third kappa shape index (κ3) is 3.18. The van der Waals surface area contributed by atoms with E-state index in [1.54, 1.807) is 0 Å². The van der Waals surface area contributed by atoms with Gasteiger partial charge in [0, 0.05) is 18.2 Å². The van der Waals surface area contributed by atoms with Crippen LogP contribution in [0, 0.1) is 0 Å². The molecule has 0 N–H and O–H groups in total. The van der Waals surface area contributed by atoms with Crippen molar-refractivity contribution in [3.05, 3.63) is 22.4 Å². The van der Waals surface area contributed by atoms with Gasteiger partial charge in [-0.1, -0.05) is 34.6 Å². The SMILES string of the molecule is CC.Cn1c(Br)ccc1C(C)(C)C. The highest BCUT2D eigenvalue weighted by Crippen LogP contribution is 2.25. The van der Waals surface area contributed by atoms with Crippen molar-refractivity contribution >= 4 is 15.9 Å². The van der Waals surface area contributed by atoms with E-state index in [2.05, 4.69) is 60.4 Å². The van der Waals surface area contributed by atoms with Gasteiger partial charge in [-0.25, -0.2) is 0 Å². The van der Waals surface area contributed by atoms with E-state index in [0.29, 0.717) is 0 Å². The summed E-state index contributed by atoms with van der Waals surface area (Å²) in [5.74, 6) is 0. The average Bonchev–Trinajstić information content (AvgIpc) is 2.36. The van der Waals surface area contributed by atoms with Gasteiger partial charge in [0.15, 0.2) is 0 Å². The third-order valence-corrected chi connectivity index (χ3v) is 2.63. The van der Waals surface area contributed by atoms with Gasteiger partial charge in [-0.2, -0.15) is 0 Å². The molecule has 0 spiro atoms. The minimum Gasteiger partial charge on any atom is -0.342 e. The van der Waals surface area contributed by atoms with Crippen LogP contribution in [0.5, 0.6) is 0 Å². The molecule has 0 bridgehead atoms. The van der Waals surface area contributed by atoms with Crippen molar-refractivity contribution < 1.29 is 0 Å². The lowest BCUT2D eigenvalue weighted by Crippen LogP contribution is -2.15. The maximum Gasteiger partial charge on any atom is 0.0846 e. The molecule has 0 aromatic carbocycles. The van der Waals surface area contributed by atoms with Crippen LogP contribution in [0.2, 0.25) is 0 Å². The maximum atomic E-state index is 3.47. The van der Waals surface area contributed by atoms with Crippen LogP contribution >= 0.6 is 15.9 Å². The molecule has 0 radical (unpaired) electrons. The van der Waals surface area contributed by atoms with Crippen LogP contribution in [0.4, 0.5) is 0 Å². The van der Waals surface area contributed by atoms with Gasteiger partial charge in [0.25, 0.3) is 0 Å². The van der Waals surface area contributed by atoms with E-state index in [1.165, 1.54) is 5.69 Å². The Labute approximate surface area is 90.3 Å². The molecule has 0 saturated carbocycles. The van der Waals surface area contributed by atoms with Crippen LogP contribution < -0.4 is 0 Å². The van der Waals surface area contributed by atoms with Crippen molar-refractivity contribution in [3.8, 4) is 0 Å². The Morgan fingerprint density at radius 2 is 1.62 bits per heavy atom. The largest absolute Gasteiger partial charge is 0.342 e. The first-order valence-corrected chi connectivity index (χ1v) is 5.54. The van der Waals surface area contributed by atoms with Crippen molar-refractivity contribution in [2.45, 2.75) is 40.0 Å². The zero-order valence-corrected chi connectivity index (χ0v) is 11.1. The monoisotopic (exact) mass is 245 g/mol. The van der Waals surface area contributed by atoms with Crippen LogP contribution in [0.15, 0.2) is 16.7 Å². The van der Waals surface area contributed by atoms with Gasteiger partial charge >= 0.3 is 0 Å². The van der Waals surface area contributed by atoms with E-state index >= 15 is 0 Å². The quantitative estimate of drug-likeness (QED) is 0.649. The van der Waals surface area contributed by atoms with Gasteiger partial charge in [-0.3, -0.25) is 0 Å². The predicted molar refractivity (Wildman–Crippen MR) is 63.2 cm³/mol. The summed E-state index contributed by atoms with van der Waals surface area (Å²) < 4.78 is 3.31. The van der Waals surface area contributed by atoms with Crippen LogP contribution in [0.1, 0.15) is 40.3 Å². The number of aromatic nitrogens is 1. The van der Waals surface area contributed by atoms with Crippen molar-refractivity contribution in [1.29, 1.82) is 0 Å². The van der Waals surface area contributed by atoms with Crippen molar-refractivity contribution in [2.75, 3.05) is 0 Å². The molecule has 0 aliphatic rings. The van der Waals surface area contributed by atoms with Crippen molar-refractivity contribution in [2.24, 2.45) is 7.05 Å². The Bertz CT molecular complexity index is 256. The smallest absolute Gasteiger partial charge is 0.0846 e. The fourth-order valence-corrected chi connectivity index (χ4v) is 1.56. The molecule has 0 amide bonds. The Kier molecular flexibility index (Phi) is 4.76. The van der Waals surface area contributed by atoms with E-state index in [4.69, 9.17) is 0 Å². The summed E-state index contributed by atoms with van der Waals surface area (Å²) in [5.41, 5.74) is 1.59. The summed E-state index contributed by atoms with van der Waals surface area (Å²) in [6.07, 6.45) is 0. The first-order chi connectivity index (χ1) is 5.93. The first-order valence-electron chi connectivity index (χ1n) is 4.74. The summed E-state index contributed by atoms with van der Waals surface area (Å²) in [7, 11) is 2.07. The molecule has 0 unspecified atom stereocenters. The van der Waals surface area contributed by atoms with E-state index < -0.39 is 0 Å². The number of halogens is 1. The predicted octanol–water partition coefficient (Wildman–Crippen LogP) is 4.11. The number of nitrogens with zero attached hydrogens (tertiary/aromatic N) is 1. The molecule has 1 heterocycles. The molecule has 1 aromatic rings. The highest BCUT2D eigenvalue weighted by Gasteiger charge is 2.17. The lowest BCUT2D eigenvalue weighted by Gasteiger charge is -2.19. The van der Waals surface area contributed by atoms with E-state index in [0.717, 1.165) is 4.60 Å². The second-order valence-electron chi connectivity index (χ2n) is 3.85. The second kappa shape index (κ2) is 4.85. The van der Waals surface area contributed by atoms with E-state index in [-0.39, 0.29) is 5.41 Å². The van der Waals surface area contributed by atoms with Gasteiger partial charge in [-0.05, 0) is 28.1 Å². The molecule has 0 aliphatic carbocycles. The summed E-state index contributed by atoms with van der Waals surface area (Å²) in [6.45, 7) is 10.7. The third-order valence-electron chi connectivity index (χ3n) is 1.83. The van der Waals surface area contributed by atoms with Gasteiger partial charge in [0.1, 0.15) is 0 Å². The molecule has 1 rings (SSSR count). The fourth-order valence-electron chi connectivity index (χ4n) is 1.24. The van der Waals surface area contributed by atoms with Crippen molar-refractivity contribution in [1.82, 2.24) is 4.57 Å². The second-order valence-corrected chi connectivity index (χ2v) is 4.66. The molecular weight excluding hydrogens is 226 g/mol. The van der Waals surface area contributed by atoms with Crippen molar-refractivity contribution in [3.63, 3.8) is 0 Å². The molecule has 0 atom stereocenters. The fraction of sp³-hybridized carbons (Fsp3) is 0.636. The molecule has 0 saturated heterocycles. The summed E-state index contributed by atoms with van der Waals surface area (Å²) in [6, 6.07) is 4.24. The molecule has 13 heavy (non-hydrogen) atoms. The van der Waals surface area contributed by atoms with E-state index in [9.17, 15) is 0 Å². The number of rotatable bonds is 0. The maximum absolute atomic E-state index is 3.47. The van der Waals surface area contributed by atoms with Gasteiger partial charge in [0.05, 0.1) is 4.60 Å². The molecule has 1 nitrogen and oxygen atoms in total. The first kappa shape index (κ1) is 12.8. The molecule has 1 aromatic heterocycles. The number of hydrogen-bond donors (Lipinski definition) is 0. The normalized spacial score (nSPS) is 10.7. The highest BCUT2D eigenvalue weighted by atomic mass is 79.9. The highest BCUT2D eigenvalue weighted by molar-refractivity contribution is 9.10. The zero-order valence-electron chi connectivity index (χ0n) is 9.48. The van der Waals surface area contributed by atoms with Crippen LogP contribution in [-0.2, 0) is 12.5 Å². The summed E-state index contributed by atoms with van der Waals surface area (Å²) >= 11 is 3.47. The molecule has 2 heteroatoms. The Morgan fingerprint density at radius 1 is 1.15 bits per heavy atom. The zero-order chi connectivity index (χ0) is 10.6. The average molecular weight is 246 g/mol. The molecule has 0 fully saturated rings. The molecule has 76 valence electrons. The molecule has 0 aliphatic heterocycles. The Balaban J connectivity index is 0.000000671. The summed E-state index contributed by atoms with van der Waals surface area (Å²) in [5, 5.41) is 0. The molecular formula is C11H20BrN. The van der Waals surface area contributed by atoms with Gasteiger partial charge in [-0.15, -0.1) is 0 Å². The number of hydrogen-bond acceptors (Lipinski definition) is 0. The topological polar surface area (TPSA) is 4.93 Å². The Morgan fingerprint density at radius 3 is 1.77 bits per heavy atom. The van der Waals surface area contributed by atoms with Gasteiger partial charge in [0.2, 0.25) is 0 Å². The lowest BCUT2D eigenvalue weighted by molar-refractivity contribution is 0.540. The summed E-state index contributed by atoms with van der Waals surface area (Å²) in [4.78, 5) is 0. The van der Waals surface area contributed by atoms with Crippen LogP contribution in [0.25, 0.3) is 0 Å². The minimum atomic E-state index is 0.237. The minimum absolute atomic E-state index is 0.237. The van der Waals surface area contributed by atoms with E-state index in [1.807, 2.05) is 13.8 Å². The van der Waals surface area contributed by atoms with Crippen LogP contribution in [0.3, 0.4) is 0 Å².